The number of rotatable bonds is 4. The normalized spacial score (nSPS) is 27.9. The van der Waals surface area contributed by atoms with Crippen molar-refractivity contribution >= 4 is 5.97 Å². The molecule has 0 heterocycles. The summed E-state index contributed by atoms with van der Waals surface area (Å²) in [6, 6.07) is 0. The Morgan fingerprint density at radius 2 is 1.86 bits per heavy atom. The third kappa shape index (κ3) is 3.69. The summed E-state index contributed by atoms with van der Waals surface area (Å²) in [5, 5.41) is 8.84. The second-order valence-electron chi connectivity index (χ2n) is 5.03. The SMILES string of the molecule is CC(C)CCC1CCC(C(=O)O)CC1. The second kappa shape index (κ2) is 5.38. The van der Waals surface area contributed by atoms with E-state index in [-0.39, 0.29) is 5.92 Å². The zero-order valence-electron chi connectivity index (χ0n) is 9.33. The van der Waals surface area contributed by atoms with Crippen LogP contribution in [0.25, 0.3) is 0 Å². The van der Waals surface area contributed by atoms with Crippen molar-refractivity contribution < 1.29 is 9.90 Å². The lowest BCUT2D eigenvalue weighted by Crippen LogP contribution is -2.21. The largest absolute Gasteiger partial charge is 0.481 e. The summed E-state index contributed by atoms with van der Waals surface area (Å²) in [5.41, 5.74) is 0. The molecule has 1 rings (SSSR count). The van der Waals surface area contributed by atoms with Crippen molar-refractivity contribution in [1.29, 1.82) is 0 Å². The first-order chi connectivity index (χ1) is 6.59. The molecule has 1 N–H and O–H groups in total. The summed E-state index contributed by atoms with van der Waals surface area (Å²) >= 11 is 0. The Morgan fingerprint density at radius 3 is 2.29 bits per heavy atom. The Labute approximate surface area is 86.7 Å². The molecule has 1 fully saturated rings. The van der Waals surface area contributed by atoms with Crippen molar-refractivity contribution in [3.8, 4) is 0 Å². The lowest BCUT2D eigenvalue weighted by molar-refractivity contribution is -0.143. The van der Waals surface area contributed by atoms with Crippen LogP contribution in [-0.4, -0.2) is 11.1 Å². The van der Waals surface area contributed by atoms with Crippen molar-refractivity contribution in [2.24, 2.45) is 17.8 Å². The fourth-order valence-electron chi connectivity index (χ4n) is 2.27. The van der Waals surface area contributed by atoms with Gasteiger partial charge >= 0.3 is 5.97 Å². The minimum atomic E-state index is -0.590. The van der Waals surface area contributed by atoms with E-state index in [1.54, 1.807) is 0 Å². The number of hydrogen-bond acceptors (Lipinski definition) is 1. The molecule has 0 spiro atoms. The van der Waals surface area contributed by atoms with Crippen molar-refractivity contribution in [2.75, 3.05) is 0 Å². The van der Waals surface area contributed by atoms with Gasteiger partial charge in [0, 0.05) is 0 Å². The van der Waals surface area contributed by atoms with E-state index < -0.39 is 5.97 Å². The van der Waals surface area contributed by atoms with Gasteiger partial charge in [-0.25, -0.2) is 0 Å². The molecular formula is C12H22O2. The molecule has 0 bridgehead atoms. The van der Waals surface area contributed by atoms with E-state index in [0.29, 0.717) is 0 Å². The second-order valence-corrected chi connectivity index (χ2v) is 5.03. The van der Waals surface area contributed by atoms with Gasteiger partial charge in [-0.15, -0.1) is 0 Å². The van der Waals surface area contributed by atoms with Crippen LogP contribution >= 0.6 is 0 Å². The van der Waals surface area contributed by atoms with Crippen molar-refractivity contribution in [2.45, 2.75) is 52.4 Å². The summed E-state index contributed by atoms with van der Waals surface area (Å²) in [6.45, 7) is 4.51. The summed E-state index contributed by atoms with van der Waals surface area (Å²) in [5.74, 6) is 0.942. The van der Waals surface area contributed by atoms with Gasteiger partial charge < -0.3 is 5.11 Å². The monoisotopic (exact) mass is 198 g/mol. The van der Waals surface area contributed by atoms with Crippen LogP contribution in [0.2, 0.25) is 0 Å². The molecule has 0 aromatic carbocycles. The van der Waals surface area contributed by atoms with E-state index in [4.69, 9.17) is 5.11 Å². The number of carbonyl (C=O) groups is 1. The lowest BCUT2D eigenvalue weighted by atomic mass is 9.79. The Bertz CT molecular complexity index is 179. The molecule has 14 heavy (non-hydrogen) atoms. The topological polar surface area (TPSA) is 37.3 Å². The predicted molar refractivity (Wildman–Crippen MR) is 57.2 cm³/mol. The molecule has 2 heteroatoms. The van der Waals surface area contributed by atoms with Gasteiger partial charge in [0.15, 0.2) is 0 Å². The maximum absolute atomic E-state index is 10.7. The molecule has 0 atom stereocenters. The molecule has 1 saturated carbocycles. The molecule has 82 valence electrons. The highest BCUT2D eigenvalue weighted by Crippen LogP contribution is 2.32. The predicted octanol–water partition coefficient (Wildman–Crippen LogP) is 3.31. The lowest BCUT2D eigenvalue weighted by Gasteiger charge is -2.26. The maximum atomic E-state index is 10.7. The zero-order chi connectivity index (χ0) is 10.6. The first kappa shape index (κ1) is 11.5. The molecule has 0 aromatic rings. The van der Waals surface area contributed by atoms with Crippen LogP contribution in [0.5, 0.6) is 0 Å². The van der Waals surface area contributed by atoms with Gasteiger partial charge in [0.2, 0.25) is 0 Å². The number of carboxylic acids is 1. The van der Waals surface area contributed by atoms with Crippen LogP contribution in [0.4, 0.5) is 0 Å². The molecule has 0 saturated heterocycles. The van der Waals surface area contributed by atoms with Crippen LogP contribution in [0, 0.1) is 17.8 Å². The highest BCUT2D eigenvalue weighted by molar-refractivity contribution is 5.69. The van der Waals surface area contributed by atoms with E-state index in [2.05, 4.69) is 13.8 Å². The molecule has 0 aromatic heterocycles. The summed E-state index contributed by atoms with van der Waals surface area (Å²) in [7, 11) is 0. The first-order valence-electron chi connectivity index (χ1n) is 5.82. The third-order valence-corrected chi connectivity index (χ3v) is 3.35. The molecule has 0 amide bonds. The number of hydrogen-bond donors (Lipinski definition) is 1. The highest BCUT2D eigenvalue weighted by Gasteiger charge is 2.25. The highest BCUT2D eigenvalue weighted by atomic mass is 16.4. The fourth-order valence-corrected chi connectivity index (χ4v) is 2.27. The standard InChI is InChI=1S/C12H22O2/c1-9(2)3-4-10-5-7-11(8-6-10)12(13)14/h9-11H,3-8H2,1-2H3,(H,13,14). The van der Waals surface area contributed by atoms with Crippen LogP contribution in [0.15, 0.2) is 0 Å². The molecule has 1 aliphatic carbocycles. The summed E-state index contributed by atoms with van der Waals surface area (Å²) < 4.78 is 0. The van der Waals surface area contributed by atoms with Gasteiger partial charge in [-0.2, -0.15) is 0 Å². The van der Waals surface area contributed by atoms with E-state index in [1.807, 2.05) is 0 Å². The minimum Gasteiger partial charge on any atom is -0.481 e. The van der Waals surface area contributed by atoms with Crippen LogP contribution in [0.3, 0.4) is 0 Å². The molecule has 0 aliphatic heterocycles. The van der Waals surface area contributed by atoms with Gasteiger partial charge in [0.1, 0.15) is 0 Å². The van der Waals surface area contributed by atoms with Crippen molar-refractivity contribution in [3.05, 3.63) is 0 Å². The van der Waals surface area contributed by atoms with Gasteiger partial charge in [0.25, 0.3) is 0 Å². The Morgan fingerprint density at radius 1 is 1.29 bits per heavy atom. The molecule has 2 nitrogen and oxygen atoms in total. The molecular weight excluding hydrogens is 176 g/mol. The molecule has 0 radical (unpaired) electrons. The van der Waals surface area contributed by atoms with Crippen molar-refractivity contribution in [1.82, 2.24) is 0 Å². The maximum Gasteiger partial charge on any atom is 0.306 e. The Balaban J connectivity index is 2.19. The van der Waals surface area contributed by atoms with E-state index in [9.17, 15) is 4.79 Å². The van der Waals surface area contributed by atoms with Gasteiger partial charge in [-0.3, -0.25) is 4.79 Å². The number of aliphatic carboxylic acids is 1. The van der Waals surface area contributed by atoms with Gasteiger partial charge in [0.05, 0.1) is 5.92 Å². The van der Waals surface area contributed by atoms with Gasteiger partial charge in [-0.05, 0) is 37.5 Å². The zero-order valence-corrected chi connectivity index (χ0v) is 9.33. The Hall–Kier alpha value is -0.530. The van der Waals surface area contributed by atoms with Crippen LogP contribution < -0.4 is 0 Å². The molecule has 0 unspecified atom stereocenters. The summed E-state index contributed by atoms with van der Waals surface area (Å²) in [6.07, 6.45) is 6.65. The van der Waals surface area contributed by atoms with E-state index in [1.165, 1.54) is 12.8 Å². The fraction of sp³-hybridized carbons (Fsp3) is 0.917. The molecule has 1 aliphatic rings. The van der Waals surface area contributed by atoms with E-state index in [0.717, 1.165) is 37.5 Å². The average molecular weight is 198 g/mol. The van der Waals surface area contributed by atoms with E-state index >= 15 is 0 Å². The third-order valence-electron chi connectivity index (χ3n) is 3.35. The number of carboxylic acid groups (broad SMARTS) is 1. The average Bonchev–Trinajstić information content (AvgIpc) is 2.15. The smallest absolute Gasteiger partial charge is 0.306 e. The van der Waals surface area contributed by atoms with Crippen molar-refractivity contribution in [3.63, 3.8) is 0 Å². The minimum absolute atomic E-state index is 0.0506. The first-order valence-corrected chi connectivity index (χ1v) is 5.82. The van der Waals surface area contributed by atoms with Gasteiger partial charge in [-0.1, -0.05) is 26.7 Å². The Kier molecular flexibility index (Phi) is 4.43. The summed E-state index contributed by atoms with van der Waals surface area (Å²) in [4.78, 5) is 10.7. The van der Waals surface area contributed by atoms with Crippen LogP contribution in [0.1, 0.15) is 52.4 Å². The van der Waals surface area contributed by atoms with Crippen LogP contribution in [-0.2, 0) is 4.79 Å². The quantitative estimate of drug-likeness (QED) is 0.752.